The largest absolute Gasteiger partial charge is 0.479 e. The van der Waals surface area contributed by atoms with Crippen molar-refractivity contribution >= 4 is 5.97 Å². The van der Waals surface area contributed by atoms with Crippen molar-refractivity contribution in [2.45, 2.75) is 19.4 Å². The number of aliphatic hydroxyl groups is 1. The van der Waals surface area contributed by atoms with Crippen LogP contribution in [0.1, 0.15) is 13.8 Å². The molecule has 0 heterocycles. The Hall–Kier alpha value is -0.610. The molecule has 0 atom stereocenters. The maximum Gasteiger partial charge on any atom is 0.335 e. The first-order chi connectivity index (χ1) is 2.94. The zero-order valence-corrected chi connectivity index (χ0v) is 5.01. The minimum atomic E-state index is -1.58. The van der Waals surface area contributed by atoms with Crippen molar-refractivity contribution in [3.05, 3.63) is 0 Å². The van der Waals surface area contributed by atoms with Gasteiger partial charge in [0, 0.05) is 0 Å². The van der Waals surface area contributed by atoms with Crippen LogP contribution in [0.15, 0.2) is 0 Å². The molecular formula is C4H11NO3. The van der Waals surface area contributed by atoms with Crippen LogP contribution in [0.2, 0.25) is 0 Å². The number of hydrogen-bond acceptors (Lipinski definition) is 3. The maximum atomic E-state index is 9.77. The predicted octanol–water partition coefficient (Wildman–Crippen LogP) is 0.00390. The second-order valence-corrected chi connectivity index (χ2v) is 1.86. The molecule has 4 heteroatoms. The van der Waals surface area contributed by atoms with E-state index in [1.54, 1.807) is 0 Å². The van der Waals surface area contributed by atoms with Gasteiger partial charge in [-0.05, 0) is 13.8 Å². The minimum Gasteiger partial charge on any atom is -0.479 e. The predicted molar refractivity (Wildman–Crippen MR) is 29.0 cm³/mol. The molecule has 0 aromatic carbocycles. The highest BCUT2D eigenvalue weighted by Crippen LogP contribution is 1.97. The van der Waals surface area contributed by atoms with Crippen LogP contribution in [-0.2, 0) is 4.79 Å². The molecular weight excluding hydrogens is 110 g/mol. The van der Waals surface area contributed by atoms with Crippen LogP contribution in [0.3, 0.4) is 0 Å². The second kappa shape index (κ2) is 2.64. The first-order valence-electron chi connectivity index (χ1n) is 1.90. The van der Waals surface area contributed by atoms with Crippen LogP contribution < -0.4 is 6.15 Å². The third kappa shape index (κ3) is 3.58. The van der Waals surface area contributed by atoms with E-state index in [-0.39, 0.29) is 6.15 Å². The van der Waals surface area contributed by atoms with E-state index in [9.17, 15) is 4.79 Å². The average molecular weight is 121 g/mol. The fourth-order valence-electron chi connectivity index (χ4n) is 0. The van der Waals surface area contributed by atoms with Gasteiger partial charge in [-0.25, -0.2) is 4.79 Å². The molecule has 0 aliphatic rings. The molecule has 4 nitrogen and oxygen atoms in total. The van der Waals surface area contributed by atoms with Crippen molar-refractivity contribution in [3.8, 4) is 0 Å². The first-order valence-corrected chi connectivity index (χ1v) is 1.90. The van der Waals surface area contributed by atoms with Crippen LogP contribution >= 0.6 is 0 Å². The van der Waals surface area contributed by atoms with E-state index in [1.807, 2.05) is 0 Å². The maximum absolute atomic E-state index is 9.77. The van der Waals surface area contributed by atoms with E-state index >= 15 is 0 Å². The number of hydrogen-bond donors (Lipinski definition) is 3. The lowest BCUT2D eigenvalue weighted by Crippen LogP contribution is -2.30. The third-order valence-corrected chi connectivity index (χ3v) is 0.523. The molecule has 8 heavy (non-hydrogen) atoms. The fraction of sp³-hybridized carbons (Fsp3) is 0.750. The molecule has 0 saturated carbocycles. The zero-order valence-electron chi connectivity index (χ0n) is 5.01. The second-order valence-electron chi connectivity index (χ2n) is 1.86. The van der Waals surface area contributed by atoms with Gasteiger partial charge in [-0.2, -0.15) is 0 Å². The third-order valence-electron chi connectivity index (χ3n) is 0.523. The SMILES string of the molecule is CC(C)(O)C(=O)O.N. The van der Waals surface area contributed by atoms with Crippen molar-refractivity contribution in [2.75, 3.05) is 0 Å². The number of carboxylic acid groups (broad SMARTS) is 1. The van der Waals surface area contributed by atoms with Gasteiger partial charge in [0.05, 0.1) is 0 Å². The van der Waals surface area contributed by atoms with Crippen LogP contribution in [0.5, 0.6) is 0 Å². The number of carbonyl (C=O) groups is 1. The normalized spacial score (nSPS) is 9.88. The van der Waals surface area contributed by atoms with Gasteiger partial charge >= 0.3 is 5.97 Å². The van der Waals surface area contributed by atoms with Gasteiger partial charge in [-0.3, -0.25) is 0 Å². The summed E-state index contributed by atoms with van der Waals surface area (Å²) in [5.74, 6) is -1.20. The van der Waals surface area contributed by atoms with Gasteiger partial charge in [-0.15, -0.1) is 0 Å². The monoisotopic (exact) mass is 121 g/mol. The highest BCUT2D eigenvalue weighted by molar-refractivity contribution is 5.75. The molecule has 5 N–H and O–H groups in total. The van der Waals surface area contributed by atoms with Crippen molar-refractivity contribution < 1.29 is 15.0 Å². The van der Waals surface area contributed by atoms with Crippen LogP contribution in [-0.4, -0.2) is 21.8 Å². The summed E-state index contributed by atoms with van der Waals surface area (Å²) < 4.78 is 0. The molecule has 0 unspecified atom stereocenters. The summed E-state index contributed by atoms with van der Waals surface area (Å²) >= 11 is 0. The molecule has 0 rings (SSSR count). The minimum absolute atomic E-state index is 0. The first kappa shape index (κ1) is 10.4. The summed E-state index contributed by atoms with van der Waals surface area (Å²) in [5, 5.41) is 16.5. The Morgan fingerprint density at radius 1 is 1.50 bits per heavy atom. The Bertz CT molecular complexity index is 83.8. The Morgan fingerprint density at radius 3 is 1.62 bits per heavy atom. The molecule has 50 valence electrons. The van der Waals surface area contributed by atoms with Crippen molar-refractivity contribution in [1.29, 1.82) is 0 Å². The smallest absolute Gasteiger partial charge is 0.335 e. The van der Waals surface area contributed by atoms with Gasteiger partial charge in [-0.1, -0.05) is 0 Å². The molecule has 0 spiro atoms. The summed E-state index contributed by atoms with van der Waals surface area (Å²) in [6.45, 7) is 2.44. The number of carboxylic acids is 1. The van der Waals surface area contributed by atoms with Gasteiger partial charge in [0.25, 0.3) is 0 Å². The van der Waals surface area contributed by atoms with Crippen LogP contribution in [0.4, 0.5) is 0 Å². The summed E-state index contributed by atoms with van der Waals surface area (Å²) in [6.07, 6.45) is 0. The number of rotatable bonds is 1. The zero-order chi connectivity index (χ0) is 6.08. The van der Waals surface area contributed by atoms with Gasteiger partial charge in [0.2, 0.25) is 0 Å². The lowest BCUT2D eigenvalue weighted by molar-refractivity contribution is -0.154. The highest BCUT2D eigenvalue weighted by atomic mass is 16.4. The summed E-state index contributed by atoms with van der Waals surface area (Å²) in [7, 11) is 0. The molecule has 0 aliphatic heterocycles. The summed E-state index contributed by atoms with van der Waals surface area (Å²) in [4.78, 5) is 9.77. The van der Waals surface area contributed by atoms with E-state index in [0.29, 0.717) is 0 Å². The molecule has 0 saturated heterocycles. The highest BCUT2D eigenvalue weighted by Gasteiger charge is 2.21. The standard InChI is InChI=1S/C4H8O3.H3N/c1-4(2,7)3(5)6;/h7H,1-2H3,(H,5,6);1H3. The van der Waals surface area contributed by atoms with Crippen molar-refractivity contribution in [1.82, 2.24) is 6.15 Å². The van der Waals surface area contributed by atoms with E-state index in [2.05, 4.69) is 0 Å². The lowest BCUT2D eigenvalue weighted by atomic mass is 10.1. The van der Waals surface area contributed by atoms with Crippen LogP contribution in [0.25, 0.3) is 0 Å². The Labute approximate surface area is 47.7 Å². The van der Waals surface area contributed by atoms with E-state index < -0.39 is 11.6 Å². The topological polar surface area (TPSA) is 92.5 Å². The molecule has 0 aromatic rings. The van der Waals surface area contributed by atoms with Gasteiger partial charge in [0.15, 0.2) is 5.60 Å². The molecule has 0 aliphatic carbocycles. The van der Waals surface area contributed by atoms with Gasteiger partial charge in [0.1, 0.15) is 0 Å². The van der Waals surface area contributed by atoms with Crippen molar-refractivity contribution in [2.24, 2.45) is 0 Å². The van der Waals surface area contributed by atoms with E-state index in [1.165, 1.54) is 13.8 Å². The molecule has 0 amide bonds. The van der Waals surface area contributed by atoms with Crippen LogP contribution in [0, 0.1) is 0 Å². The Balaban J connectivity index is 0. The summed E-state index contributed by atoms with van der Waals surface area (Å²) in [5.41, 5.74) is -1.58. The van der Waals surface area contributed by atoms with Crippen molar-refractivity contribution in [3.63, 3.8) is 0 Å². The lowest BCUT2D eigenvalue weighted by Gasteiger charge is -2.07. The van der Waals surface area contributed by atoms with E-state index in [4.69, 9.17) is 10.2 Å². The fourth-order valence-corrected chi connectivity index (χ4v) is 0. The molecule has 0 radical (unpaired) electrons. The Kier molecular flexibility index (Phi) is 3.42. The Morgan fingerprint density at radius 2 is 1.62 bits per heavy atom. The summed E-state index contributed by atoms with van der Waals surface area (Å²) in [6, 6.07) is 0. The molecule has 0 fully saturated rings. The van der Waals surface area contributed by atoms with E-state index in [0.717, 1.165) is 0 Å². The number of aliphatic carboxylic acids is 1. The quantitative estimate of drug-likeness (QED) is 0.455. The molecule has 0 bridgehead atoms. The van der Waals surface area contributed by atoms with Gasteiger partial charge < -0.3 is 16.4 Å². The molecule has 0 aromatic heterocycles. The average Bonchev–Trinajstić information content (AvgIpc) is 1.31.